The van der Waals surface area contributed by atoms with E-state index in [0.717, 1.165) is 27.1 Å². The fraction of sp³-hybridized carbons (Fsp3) is 0.176. The Hall–Kier alpha value is -1.74. The molecule has 2 nitrogen and oxygen atoms in total. The third-order valence-corrected chi connectivity index (χ3v) is 3.40. The third kappa shape index (κ3) is 3.23. The van der Waals surface area contributed by atoms with E-state index in [1.165, 1.54) is 6.26 Å². The Bertz CT molecular complexity index is 606. The van der Waals surface area contributed by atoms with E-state index in [1.54, 1.807) is 0 Å². The van der Waals surface area contributed by atoms with E-state index >= 15 is 0 Å². The van der Waals surface area contributed by atoms with Crippen molar-refractivity contribution >= 4 is 15.9 Å². The van der Waals surface area contributed by atoms with Gasteiger partial charge in [0.2, 0.25) is 0 Å². The molecule has 0 aliphatic carbocycles. The summed E-state index contributed by atoms with van der Waals surface area (Å²) in [5, 5.41) is 0. The van der Waals surface area contributed by atoms with Gasteiger partial charge < -0.3 is 9.47 Å². The molecule has 2 aromatic carbocycles. The molecule has 0 fully saturated rings. The predicted molar refractivity (Wildman–Crippen MR) is 86.2 cm³/mol. The van der Waals surface area contributed by atoms with E-state index in [1.807, 2.05) is 56.3 Å². The van der Waals surface area contributed by atoms with Crippen LogP contribution in [-0.2, 0) is 0 Å². The number of halogens is 1. The molecule has 0 saturated heterocycles. The van der Waals surface area contributed by atoms with E-state index in [4.69, 9.17) is 9.47 Å². The van der Waals surface area contributed by atoms with Gasteiger partial charge in [0, 0.05) is 10.0 Å². The summed E-state index contributed by atoms with van der Waals surface area (Å²) in [4.78, 5) is 0. The molecule has 3 heteroatoms. The summed E-state index contributed by atoms with van der Waals surface area (Å²) in [6.07, 6.45) is 1.52. The van der Waals surface area contributed by atoms with Gasteiger partial charge in [-0.1, -0.05) is 46.8 Å². The van der Waals surface area contributed by atoms with Crippen molar-refractivity contribution in [3.8, 4) is 22.6 Å². The van der Waals surface area contributed by atoms with Crippen LogP contribution in [0.5, 0.6) is 11.5 Å². The average molecular weight is 333 g/mol. The SMILES string of the molecule is C=COc1cccc(OC(C)C)c1-c1ccccc1Br. The van der Waals surface area contributed by atoms with E-state index in [2.05, 4.69) is 22.5 Å². The van der Waals surface area contributed by atoms with Crippen LogP contribution >= 0.6 is 15.9 Å². The van der Waals surface area contributed by atoms with Crippen molar-refractivity contribution in [3.05, 3.63) is 59.8 Å². The highest BCUT2D eigenvalue weighted by Crippen LogP contribution is 2.42. The maximum Gasteiger partial charge on any atom is 0.138 e. The number of rotatable bonds is 5. The standard InChI is InChI=1S/C17H17BrO2/c1-4-19-15-10-7-11-16(20-12(2)3)17(15)13-8-5-6-9-14(13)18/h4-12H,1H2,2-3H3. The number of hydrogen-bond donors (Lipinski definition) is 0. The third-order valence-electron chi connectivity index (χ3n) is 2.70. The highest BCUT2D eigenvalue weighted by atomic mass is 79.9. The fourth-order valence-electron chi connectivity index (χ4n) is 1.98. The van der Waals surface area contributed by atoms with Gasteiger partial charge in [-0.05, 0) is 32.0 Å². The molecule has 0 aliphatic rings. The van der Waals surface area contributed by atoms with Crippen LogP contribution in [0.2, 0.25) is 0 Å². The molecule has 0 atom stereocenters. The van der Waals surface area contributed by atoms with Crippen LogP contribution in [0, 0.1) is 0 Å². The minimum Gasteiger partial charge on any atom is -0.490 e. The lowest BCUT2D eigenvalue weighted by Gasteiger charge is -2.18. The summed E-state index contributed by atoms with van der Waals surface area (Å²) in [7, 11) is 0. The van der Waals surface area contributed by atoms with E-state index in [0.29, 0.717) is 0 Å². The van der Waals surface area contributed by atoms with Crippen LogP contribution in [0.3, 0.4) is 0 Å². The van der Waals surface area contributed by atoms with Crippen LogP contribution < -0.4 is 9.47 Å². The topological polar surface area (TPSA) is 18.5 Å². The molecule has 0 heterocycles. The van der Waals surface area contributed by atoms with Crippen molar-refractivity contribution in [2.75, 3.05) is 0 Å². The molecule has 0 N–H and O–H groups in total. The first-order valence-corrected chi connectivity index (χ1v) is 7.25. The van der Waals surface area contributed by atoms with Gasteiger partial charge >= 0.3 is 0 Å². The van der Waals surface area contributed by atoms with Gasteiger partial charge in [-0.15, -0.1) is 0 Å². The second-order valence-electron chi connectivity index (χ2n) is 4.56. The van der Waals surface area contributed by atoms with Gasteiger partial charge in [0.05, 0.1) is 17.9 Å². The number of benzene rings is 2. The smallest absolute Gasteiger partial charge is 0.138 e. The summed E-state index contributed by atoms with van der Waals surface area (Å²) in [5.74, 6) is 1.52. The molecule has 0 aromatic heterocycles. The molecule has 0 aliphatic heterocycles. The van der Waals surface area contributed by atoms with E-state index in [9.17, 15) is 0 Å². The summed E-state index contributed by atoms with van der Waals surface area (Å²) in [6.45, 7) is 7.64. The summed E-state index contributed by atoms with van der Waals surface area (Å²) >= 11 is 3.58. The quantitative estimate of drug-likeness (QED) is 0.680. The van der Waals surface area contributed by atoms with Crippen LogP contribution in [0.15, 0.2) is 59.8 Å². The predicted octanol–water partition coefficient (Wildman–Crippen LogP) is 5.43. The largest absolute Gasteiger partial charge is 0.490 e. The molecular formula is C17H17BrO2. The van der Waals surface area contributed by atoms with Crippen LogP contribution in [0.4, 0.5) is 0 Å². The average Bonchev–Trinajstić information content (AvgIpc) is 2.40. The number of ether oxygens (including phenoxy) is 2. The van der Waals surface area contributed by atoms with Gasteiger partial charge in [-0.3, -0.25) is 0 Å². The van der Waals surface area contributed by atoms with Crippen molar-refractivity contribution in [2.45, 2.75) is 20.0 Å². The maximum atomic E-state index is 5.91. The van der Waals surface area contributed by atoms with E-state index < -0.39 is 0 Å². The monoisotopic (exact) mass is 332 g/mol. The lowest BCUT2D eigenvalue weighted by molar-refractivity contribution is 0.243. The molecule has 0 amide bonds. The van der Waals surface area contributed by atoms with Crippen LogP contribution in [0.25, 0.3) is 11.1 Å². The van der Waals surface area contributed by atoms with Gasteiger partial charge in [0.25, 0.3) is 0 Å². The van der Waals surface area contributed by atoms with Crippen LogP contribution in [0.1, 0.15) is 13.8 Å². The maximum absolute atomic E-state index is 5.91. The molecule has 0 bridgehead atoms. The normalized spacial score (nSPS) is 10.4. The van der Waals surface area contributed by atoms with E-state index in [-0.39, 0.29) is 6.10 Å². The first kappa shape index (κ1) is 14.7. The van der Waals surface area contributed by atoms with Gasteiger partial charge in [0.1, 0.15) is 11.5 Å². The molecular weight excluding hydrogens is 316 g/mol. The lowest BCUT2D eigenvalue weighted by atomic mass is 10.0. The fourth-order valence-corrected chi connectivity index (χ4v) is 2.46. The molecule has 0 unspecified atom stereocenters. The van der Waals surface area contributed by atoms with Gasteiger partial charge in [-0.25, -0.2) is 0 Å². The Balaban J connectivity index is 2.63. The van der Waals surface area contributed by atoms with Crippen molar-refractivity contribution < 1.29 is 9.47 Å². The minimum absolute atomic E-state index is 0.0928. The summed E-state index contributed by atoms with van der Waals surface area (Å²) in [5.41, 5.74) is 1.95. The molecule has 2 aromatic rings. The van der Waals surface area contributed by atoms with Gasteiger partial charge in [-0.2, -0.15) is 0 Å². The molecule has 0 radical (unpaired) electrons. The van der Waals surface area contributed by atoms with Crippen molar-refractivity contribution in [1.82, 2.24) is 0 Å². The summed E-state index contributed by atoms with van der Waals surface area (Å²) < 4.78 is 12.4. The number of hydrogen-bond acceptors (Lipinski definition) is 2. The van der Waals surface area contributed by atoms with Crippen LogP contribution in [-0.4, -0.2) is 6.10 Å². The van der Waals surface area contributed by atoms with Crippen molar-refractivity contribution in [1.29, 1.82) is 0 Å². The van der Waals surface area contributed by atoms with Crippen molar-refractivity contribution in [3.63, 3.8) is 0 Å². The lowest BCUT2D eigenvalue weighted by Crippen LogP contribution is -2.07. The molecule has 0 spiro atoms. The molecule has 2 rings (SSSR count). The van der Waals surface area contributed by atoms with Gasteiger partial charge in [0.15, 0.2) is 0 Å². The Labute approximate surface area is 128 Å². The summed E-state index contributed by atoms with van der Waals surface area (Å²) in [6, 6.07) is 13.8. The second-order valence-corrected chi connectivity index (χ2v) is 5.41. The minimum atomic E-state index is 0.0928. The zero-order valence-electron chi connectivity index (χ0n) is 11.6. The Morgan fingerprint density at radius 1 is 1.05 bits per heavy atom. The highest BCUT2D eigenvalue weighted by Gasteiger charge is 2.16. The zero-order valence-corrected chi connectivity index (χ0v) is 13.2. The molecule has 104 valence electrons. The Kier molecular flexibility index (Phi) is 4.85. The Morgan fingerprint density at radius 3 is 2.40 bits per heavy atom. The molecule has 0 saturated carbocycles. The first-order valence-electron chi connectivity index (χ1n) is 6.45. The van der Waals surface area contributed by atoms with Crippen molar-refractivity contribution in [2.24, 2.45) is 0 Å². The zero-order chi connectivity index (χ0) is 14.5. The first-order chi connectivity index (χ1) is 9.63. The second kappa shape index (κ2) is 6.62. The molecule has 20 heavy (non-hydrogen) atoms. The Morgan fingerprint density at radius 2 is 1.75 bits per heavy atom. The highest BCUT2D eigenvalue weighted by molar-refractivity contribution is 9.10.